The lowest BCUT2D eigenvalue weighted by atomic mass is 10.1. The van der Waals surface area contributed by atoms with Crippen LogP contribution in [0.15, 0.2) is 71.6 Å². The minimum absolute atomic E-state index is 0.204. The first kappa shape index (κ1) is 18.8. The van der Waals surface area contributed by atoms with Crippen molar-refractivity contribution in [2.24, 2.45) is 0 Å². The Hall–Kier alpha value is -2.99. The fourth-order valence-corrected chi connectivity index (χ4v) is 4.11. The molecule has 0 saturated carbocycles. The van der Waals surface area contributed by atoms with E-state index in [9.17, 15) is 8.42 Å². The van der Waals surface area contributed by atoms with Crippen LogP contribution in [0, 0.1) is 13.8 Å². The predicted octanol–water partition coefficient (Wildman–Crippen LogP) is 4.91. The highest BCUT2D eigenvalue weighted by atomic mass is 32.2. The van der Waals surface area contributed by atoms with E-state index in [0.717, 1.165) is 5.56 Å². The van der Waals surface area contributed by atoms with E-state index < -0.39 is 10.0 Å². The van der Waals surface area contributed by atoms with Crippen molar-refractivity contribution >= 4 is 15.7 Å². The Labute approximate surface area is 159 Å². The Balaban J connectivity index is 1.94. The number of ether oxygens (including phenoxy) is 2. The summed E-state index contributed by atoms with van der Waals surface area (Å²) in [5.74, 6) is 1.70. The van der Waals surface area contributed by atoms with Gasteiger partial charge >= 0.3 is 0 Å². The second kappa shape index (κ2) is 7.72. The maximum absolute atomic E-state index is 13.0. The van der Waals surface area contributed by atoms with Gasteiger partial charge in [0.25, 0.3) is 10.0 Å². The molecule has 0 aliphatic heterocycles. The van der Waals surface area contributed by atoms with E-state index in [1.165, 1.54) is 0 Å². The largest absolute Gasteiger partial charge is 0.496 e. The molecule has 27 heavy (non-hydrogen) atoms. The summed E-state index contributed by atoms with van der Waals surface area (Å²) in [5, 5.41) is 0. The fourth-order valence-electron chi connectivity index (χ4n) is 2.73. The zero-order valence-electron chi connectivity index (χ0n) is 15.4. The van der Waals surface area contributed by atoms with Gasteiger partial charge in [0.2, 0.25) is 0 Å². The third-order valence-electron chi connectivity index (χ3n) is 4.08. The Morgan fingerprint density at radius 1 is 0.815 bits per heavy atom. The molecule has 0 radical (unpaired) electrons. The number of aryl methyl sites for hydroxylation is 2. The van der Waals surface area contributed by atoms with Gasteiger partial charge in [-0.05, 0) is 61.4 Å². The van der Waals surface area contributed by atoms with Gasteiger partial charge < -0.3 is 9.47 Å². The molecule has 0 atom stereocenters. The number of anilines is 1. The molecule has 0 saturated heterocycles. The maximum atomic E-state index is 13.0. The first-order chi connectivity index (χ1) is 12.9. The van der Waals surface area contributed by atoms with E-state index in [4.69, 9.17) is 9.47 Å². The molecule has 3 aromatic rings. The molecule has 0 aliphatic rings. The van der Waals surface area contributed by atoms with Crippen molar-refractivity contribution in [3.8, 4) is 17.2 Å². The number of hydrogen-bond donors (Lipinski definition) is 1. The maximum Gasteiger partial charge on any atom is 0.262 e. The molecule has 0 aromatic heterocycles. The number of rotatable bonds is 6. The van der Waals surface area contributed by atoms with Gasteiger partial charge in [-0.3, -0.25) is 4.72 Å². The number of para-hydroxylation sites is 3. The minimum atomic E-state index is -3.79. The lowest BCUT2D eigenvalue weighted by Gasteiger charge is -2.16. The van der Waals surface area contributed by atoms with Crippen LogP contribution < -0.4 is 14.2 Å². The van der Waals surface area contributed by atoms with Crippen LogP contribution in [-0.2, 0) is 10.0 Å². The molecule has 3 aromatic carbocycles. The van der Waals surface area contributed by atoms with Crippen LogP contribution in [0.3, 0.4) is 0 Å². The lowest BCUT2D eigenvalue weighted by Crippen LogP contribution is -2.15. The van der Waals surface area contributed by atoms with E-state index in [2.05, 4.69) is 4.72 Å². The summed E-state index contributed by atoms with van der Waals surface area (Å²) in [7, 11) is -2.23. The average molecular weight is 383 g/mol. The Morgan fingerprint density at radius 3 is 2.19 bits per heavy atom. The van der Waals surface area contributed by atoms with E-state index in [1.54, 1.807) is 50.4 Å². The van der Waals surface area contributed by atoms with Crippen molar-refractivity contribution in [2.75, 3.05) is 11.8 Å². The first-order valence-corrected chi connectivity index (χ1v) is 9.89. The molecule has 0 aliphatic carbocycles. The normalized spacial score (nSPS) is 11.1. The lowest BCUT2D eigenvalue weighted by molar-refractivity contribution is 0.411. The monoisotopic (exact) mass is 383 g/mol. The SMILES string of the molecule is COc1cc(C)c(S(=O)(=O)Nc2ccccc2Oc2ccccc2)cc1C. The summed E-state index contributed by atoms with van der Waals surface area (Å²) in [6.07, 6.45) is 0. The van der Waals surface area contributed by atoms with Gasteiger partial charge in [-0.2, -0.15) is 0 Å². The van der Waals surface area contributed by atoms with Crippen LogP contribution in [-0.4, -0.2) is 15.5 Å². The van der Waals surface area contributed by atoms with E-state index in [0.29, 0.717) is 28.5 Å². The van der Waals surface area contributed by atoms with Gasteiger partial charge in [0.1, 0.15) is 11.5 Å². The second-order valence-corrected chi connectivity index (χ2v) is 7.75. The van der Waals surface area contributed by atoms with E-state index in [1.807, 2.05) is 37.3 Å². The highest BCUT2D eigenvalue weighted by Gasteiger charge is 2.20. The van der Waals surface area contributed by atoms with Crippen molar-refractivity contribution in [1.29, 1.82) is 0 Å². The van der Waals surface area contributed by atoms with Gasteiger partial charge in [0.05, 0.1) is 17.7 Å². The smallest absolute Gasteiger partial charge is 0.262 e. The zero-order valence-corrected chi connectivity index (χ0v) is 16.2. The summed E-state index contributed by atoms with van der Waals surface area (Å²) in [6, 6.07) is 19.5. The third kappa shape index (κ3) is 4.23. The molecule has 0 amide bonds. The number of benzene rings is 3. The minimum Gasteiger partial charge on any atom is -0.496 e. The average Bonchev–Trinajstić information content (AvgIpc) is 2.65. The summed E-state index contributed by atoms with van der Waals surface area (Å²) in [6.45, 7) is 3.55. The van der Waals surface area contributed by atoms with E-state index in [-0.39, 0.29) is 4.90 Å². The van der Waals surface area contributed by atoms with Crippen LogP contribution in [0.4, 0.5) is 5.69 Å². The predicted molar refractivity (Wildman–Crippen MR) is 106 cm³/mol. The molecule has 0 unspecified atom stereocenters. The molecule has 0 bridgehead atoms. The Bertz CT molecular complexity index is 1050. The van der Waals surface area contributed by atoms with Crippen LogP contribution in [0.2, 0.25) is 0 Å². The quantitative estimate of drug-likeness (QED) is 0.657. The van der Waals surface area contributed by atoms with Gasteiger partial charge in [-0.25, -0.2) is 8.42 Å². The number of methoxy groups -OCH3 is 1. The molecule has 0 heterocycles. The highest BCUT2D eigenvalue weighted by Crippen LogP contribution is 2.32. The summed E-state index contributed by atoms with van der Waals surface area (Å²) >= 11 is 0. The molecular formula is C21H21NO4S. The van der Waals surface area contributed by atoms with Gasteiger partial charge in [0.15, 0.2) is 5.75 Å². The van der Waals surface area contributed by atoms with Crippen LogP contribution >= 0.6 is 0 Å². The summed E-state index contributed by atoms with van der Waals surface area (Å²) in [5.41, 5.74) is 1.72. The summed E-state index contributed by atoms with van der Waals surface area (Å²) in [4.78, 5) is 0.204. The van der Waals surface area contributed by atoms with Crippen molar-refractivity contribution in [1.82, 2.24) is 0 Å². The van der Waals surface area contributed by atoms with Crippen molar-refractivity contribution in [3.63, 3.8) is 0 Å². The second-order valence-electron chi connectivity index (χ2n) is 6.10. The molecule has 6 heteroatoms. The molecule has 5 nitrogen and oxygen atoms in total. The number of hydrogen-bond acceptors (Lipinski definition) is 4. The highest BCUT2D eigenvalue weighted by molar-refractivity contribution is 7.92. The van der Waals surface area contributed by atoms with Gasteiger partial charge in [0, 0.05) is 0 Å². The van der Waals surface area contributed by atoms with Gasteiger partial charge in [-0.1, -0.05) is 30.3 Å². The molecule has 0 fully saturated rings. The number of sulfonamides is 1. The molecular weight excluding hydrogens is 362 g/mol. The Kier molecular flexibility index (Phi) is 5.37. The summed E-state index contributed by atoms with van der Waals surface area (Å²) < 4.78 is 39.7. The van der Waals surface area contributed by atoms with Gasteiger partial charge in [-0.15, -0.1) is 0 Å². The Morgan fingerprint density at radius 2 is 1.48 bits per heavy atom. The van der Waals surface area contributed by atoms with Crippen molar-refractivity contribution in [2.45, 2.75) is 18.7 Å². The van der Waals surface area contributed by atoms with E-state index >= 15 is 0 Å². The molecule has 3 rings (SSSR count). The van der Waals surface area contributed by atoms with Crippen LogP contribution in [0.1, 0.15) is 11.1 Å². The van der Waals surface area contributed by atoms with Crippen LogP contribution in [0.25, 0.3) is 0 Å². The van der Waals surface area contributed by atoms with Crippen molar-refractivity contribution < 1.29 is 17.9 Å². The topological polar surface area (TPSA) is 64.6 Å². The third-order valence-corrected chi connectivity index (χ3v) is 5.59. The van der Waals surface area contributed by atoms with Crippen molar-refractivity contribution in [3.05, 3.63) is 77.9 Å². The molecule has 1 N–H and O–H groups in total. The molecule has 0 spiro atoms. The first-order valence-electron chi connectivity index (χ1n) is 8.40. The van der Waals surface area contributed by atoms with Crippen LogP contribution in [0.5, 0.6) is 17.2 Å². The number of nitrogens with one attached hydrogen (secondary N) is 1. The zero-order chi connectivity index (χ0) is 19.4. The molecule has 140 valence electrons. The standard InChI is InChI=1S/C21H21NO4S/c1-15-14-21(16(2)13-20(15)25-3)27(23,24)22-18-11-7-8-12-19(18)26-17-9-5-4-6-10-17/h4-14,22H,1-3H3. The fraction of sp³-hybridized carbons (Fsp3) is 0.143.